The number of methoxy groups -OCH3 is 1. The lowest BCUT2D eigenvalue weighted by molar-refractivity contribution is -0.149. The minimum atomic E-state index is -1.26. The van der Waals surface area contributed by atoms with E-state index in [0.29, 0.717) is 5.57 Å². The Balaban J connectivity index is 3.12. The number of ether oxygens (including phenoxy) is 1. The van der Waals surface area contributed by atoms with Crippen molar-refractivity contribution in [2.45, 2.75) is 13.3 Å². The number of carboxylic acid groups (broad SMARTS) is 2. The fraction of sp³-hybridized carbons (Fsp3) is 0.455. The van der Waals surface area contributed by atoms with Crippen molar-refractivity contribution in [1.29, 1.82) is 0 Å². The second kappa shape index (κ2) is 4.49. The van der Waals surface area contributed by atoms with E-state index in [1.54, 1.807) is 13.0 Å². The monoisotopic (exact) mass is 226 g/mol. The summed E-state index contributed by atoms with van der Waals surface area (Å²) in [4.78, 5) is 22.1. The van der Waals surface area contributed by atoms with E-state index in [1.165, 1.54) is 13.2 Å². The molecule has 0 bridgehead atoms. The van der Waals surface area contributed by atoms with E-state index in [-0.39, 0.29) is 18.6 Å². The average Bonchev–Trinajstić information content (AvgIpc) is 2.16. The summed E-state index contributed by atoms with van der Waals surface area (Å²) in [5.74, 6) is -2.16. The zero-order valence-corrected chi connectivity index (χ0v) is 9.19. The predicted octanol–water partition coefficient (Wildman–Crippen LogP) is 1.06. The zero-order valence-electron chi connectivity index (χ0n) is 9.19. The van der Waals surface area contributed by atoms with Crippen molar-refractivity contribution < 1.29 is 24.5 Å². The summed E-state index contributed by atoms with van der Waals surface area (Å²) in [6.45, 7) is 1.64. The lowest BCUT2D eigenvalue weighted by Crippen LogP contribution is -2.36. The SMILES string of the molecule is COC[C@]1(C(=O)O)C=C(C)C=C(C(=O)O)C1. The lowest BCUT2D eigenvalue weighted by Gasteiger charge is -2.28. The van der Waals surface area contributed by atoms with Crippen LogP contribution >= 0.6 is 0 Å². The van der Waals surface area contributed by atoms with Crippen LogP contribution in [0.4, 0.5) is 0 Å². The Morgan fingerprint density at radius 1 is 1.50 bits per heavy atom. The number of aliphatic carboxylic acids is 2. The van der Waals surface area contributed by atoms with Gasteiger partial charge in [0.25, 0.3) is 0 Å². The summed E-state index contributed by atoms with van der Waals surface area (Å²) in [5, 5.41) is 18.1. The second-order valence-corrected chi connectivity index (χ2v) is 3.93. The van der Waals surface area contributed by atoms with E-state index in [4.69, 9.17) is 9.84 Å². The van der Waals surface area contributed by atoms with Crippen LogP contribution in [-0.4, -0.2) is 35.9 Å². The Bertz CT molecular complexity index is 380. The van der Waals surface area contributed by atoms with Crippen LogP contribution in [-0.2, 0) is 14.3 Å². The molecule has 0 aromatic rings. The Labute approximate surface area is 93.0 Å². The van der Waals surface area contributed by atoms with Crippen LogP contribution in [0.25, 0.3) is 0 Å². The molecule has 0 amide bonds. The van der Waals surface area contributed by atoms with Crippen molar-refractivity contribution in [1.82, 2.24) is 0 Å². The topological polar surface area (TPSA) is 83.8 Å². The Morgan fingerprint density at radius 3 is 2.56 bits per heavy atom. The molecule has 0 saturated heterocycles. The third-order valence-corrected chi connectivity index (χ3v) is 2.51. The van der Waals surface area contributed by atoms with Gasteiger partial charge in [-0.15, -0.1) is 0 Å². The molecule has 5 heteroatoms. The van der Waals surface area contributed by atoms with Crippen molar-refractivity contribution >= 4 is 11.9 Å². The summed E-state index contributed by atoms with van der Waals surface area (Å²) in [6.07, 6.45) is 2.98. The first-order valence-electron chi connectivity index (χ1n) is 4.77. The quantitative estimate of drug-likeness (QED) is 0.749. The zero-order chi connectivity index (χ0) is 12.3. The molecule has 2 N–H and O–H groups in total. The smallest absolute Gasteiger partial charge is 0.331 e. The average molecular weight is 226 g/mol. The number of hydrogen-bond donors (Lipinski definition) is 2. The first-order valence-corrected chi connectivity index (χ1v) is 4.77. The molecule has 0 heterocycles. The molecule has 1 rings (SSSR count). The van der Waals surface area contributed by atoms with Crippen LogP contribution in [0.5, 0.6) is 0 Å². The van der Waals surface area contributed by atoms with Gasteiger partial charge in [0.05, 0.1) is 6.61 Å². The van der Waals surface area contributed by atoms with E-state index in [1.807, 2.05) is 0 Å². The molecular formula is C11H14O5. The van der Waals surface area contributed by atoms with Crippen LogP contribution in [0.3, 0.4) is 0 Å². The van der Waals surface area contributed by atoms with Crippen LogP contribution < -0.4 is 0 Å². The lowest BCUT2D eigenvalue weighted by atomic mass is 9.77. The minimum absolute atomic E-state index is 0.0374. The number of rotatable bonds is 4. The van der Waals surface area contributed by atoms with Gasteiger partial charge in [-0.05, 0) is 13.0 Å². The molecule has 0 spiro atoms. The molecule has 0 radical (unpaired) electrons. The Morgan fingerprint density at radius 2 is 2.12 bits per heavy atom. The maximum atomic E-state index is 11.2. The van der Waals surface area contributed by atoms with Gasteiger partial charge in [0.2, 0.25) is 0 Å². The third kappa shape index (κ3) is 2.30. The summed E-state index contributed by atoms with van der Waals surface area (Å²) in [7, 11) is 1.40. The normalized spacial score (nSPS) is 24.6. The van der Waals surface area contributed by atoms with Gasteiger partial charge in [0.1, 0.15) is 5.41 Å². The maximum absolute atomic E-state index is 11.2. The Kier molecular flexibility index (Phi) is 3.49. The van der Waals surface area contributed by atoms with Gasteiger partial charge in [-0.1, -0.05) is 11.6 Å². The highest BCUT2D eigenvalue weighted by atomic mass is 16.5. The van der Waals surface area contributed by atoms with Crippen molar-refractivity contribution in [2.24, 2.45) is 5.41 Å². The van der Waals surface area contributed by atoms with Crippen molar-refractivity contribution in [3.8, 4) is 0 Å². The summed E-state index contributed by atoms with van der Waals surface area (Å²) in [5.41, 5.74) is -0.538. The van der Waals surface area contributed by atoms with E-state index < -0.39 is 17.4 Å². The first kappa shape index (κ1) is 12.4. The standard InChI is InChI=1S/C11H14O5/c1-7-3-8(9(12)13)5-11(4-7,6-16-2)10(14)15/h3-4H,5-6H2,1-2H3,(H,12,13)(H,14,15)/t11-/m0/s1. The van der Waals surface area contributed by atoms with E-state index in [9.17, 15) is 14.7 Å². The fourth-order valence-electron chi connectivity index (χ4n) is 1.88. The van der Waals surface area contributed by atoms with Crippen molar-refractivity contribution in [2.75, 3.05) is 13.7 Å². The van der Waals surface area contributed by atoms with Gasteiger partial charge in [0.15, 0.2) is 0 Å². The Hall–Kier alpha value is -1.62. The molecule has 16 heavy (non-hydrogen) atoms. The summed E-state index contributed by atoms with van der Waals surface area (Å²) >= 11 is 0. The highest BCUT2D eigenvalue weighted by molar-refractivity contribution is 5.90. The van der Waals surface area contributed by atoms with Crippen LogP contribution in [0.2, 0.25) is 0 Å². The van der Waals surface area contributed by atoms with Gasteiger partial charge in [0, 0.05) is 19.1 Å². The molecule has 1 aliphatic carbocycles. The molecule has 0 aliphatic heterocycles. The number of allylic oxidation sites excluding steroid dienone is 2. The summed E-state index contributed by atoms with van der Waals surface area (Å²) < 4.78 is 4.88. The van der Waals surface area contributed by atoms with Gasteiger partial charge >= 0.3 is 11.9 Å². The summed E-state index contributed by atoms with van der Waals surface area (Å²) in [6, 6.07) is 0. The van der Waals surface area contributed by atoms with Gasteiger partial charge in [-0.3, -0.25) is 4.79 Å². The molecule has 0 aromatic heterocycles. The van der Waals surface area contributed by atoms with E-state index in [2.05, 4.69) is 0 Å². The maximum Gasteiger partial charge on any atom is 0.331 e. The fourth-order valence-corrected chi connectivity index (χ4v) is 1.88. The second-order valence-electron chi connectivity index (χ2n) is 3.93. The molecule has 5 nitrogen and oxygen atoms in total. The number of carbonyl (C=O) groups is 2. The van der Waals surface area contributed by atoms with E-state index in [0.717, 1.165) is 0 Å². The third-order valence-electron chi connectivity index (χ3n) is 2.51. The van der Waals surface area contributed by atoms with Crippen molar-refractivity contribution in [3.63, 3.8) is 0 Å². The van der Waals surface area contributed by atoms with Crippen LogP contribution in [0.15, 0.2) is 23.3 Å². The van der Waals surface area contributed by atoms with Gasteiger partial charge in [-0.25, -0.2) is 4.79 Å². The number of carboxylic acids is 2. The van der Waals surface area contributed by atoms with Crippen LogP contribution in [0, 0.1) is 5.41 Å². The first-order chi connectivity index (χ1) is 7.41. The largest absolute Gasteiger partial charge is 0.481 e. The molecule has 0 saturated carbocycles. The molecule has 1 atom stereocenters. The molecule has 88 valence electrons. The van der Waals surface area contributed by atoms with Gasteiger partial charge in [-0.2, -0.15) is 0 Å². The molecule has 0 fully saturated rings. The van der Waals surface area contributed by atoms with Crippen molar-refractivity contribution in [3.05, 3.63) is 23.3 Å². The molecule has 0 aromatic carbocycles. The predicted molar refractivity (Wildman–Crippen MR) is 56.0 cm³/mol. The number of hydrogen-bond acceptors (Lipinski definition) is 3. The minimum Gasteiger partial charge on any atom is -0.481 e. The highest BCUT2D eigenvalue weighted by Crippen LogP contribution is 2.35. The molecule has 1 aliphatic rings. The van der Waals surface area contributed by atoms with Gasteiger partial charge < -0.3 is 14.9 Å². The molecule has 0 unspecified atom stereocenters. The highest BCUT2D eigenvalue weighted by Gasteiger charge is 2.40. The molecular weight excluding hydrogens is 212 g/mol. The van der Waals surface area contributed by atoms with E-state index >= 15 is 0 Å². The van der Waals surface area contributed by atoms with Crippen LogP contribution in [0.1, 0.15) is 13.3 Å².